The lowest BCUT2D eigenvalue weighted by Gasteiger charge is -2.20. The number of hydrogen-bond acceptors (Lipinski definition) is 4. The Bertz CT molecular complexity index is 662. The molecule has 0 heterocycles. The van der Waals surface area contributed by atoms with Gasteiger partial charge in [-0.15, -0.1) is 0 Å². The molecule has 0 saturated heterocycles. The molecule has 0 rings (SSSR count). The van der Waals surface area contributed by atoms with Crippen LogP contribution in [0.1, 0.15) is 219 Å². The van der Waals surface area contributed by atoms with Crippen LogP contribution in [0.2, 0.25) is 0 Å². The summed E-state index contributed by atoms with van der Waals surface area (Å²) in [5.41, 5.74) is 11.8. The molecule has 2 atom stereocenters. The van der Waals surface area contributed by atoms with E-state index in [4.69, 9.17) is 16.2 Å². The Hall–Kier alpha value is -1.13. The molecule has 4 heteroatoms. The molecule has 0 radical (unpaired) electrons. The van der Waals surface area contributed by atoms with Gasteiger partial charge in [0.25, 0.3) is 0 Å². The van der Waals surface area contributed by atoms with E-state index in [0.29, 0.717) is 13.0 Å². The van der Waals surface area contributed by atoms with Crippen LogP contribution in [0.4, 0.5) is 0 Å². The summed E-state index contributed by atoms with van der Waals surface area (Å²) >= 11 is 0. The first-order valence-electron chi connectivity index (χ1n) is 20.6. The molecule has 0 aromatic carbocycles. The lowest BCUT2D eigenvalue weighted by atomic mass is 10.0. The van der Waals surface area contributed by atoms with Crippen LogP contribution in [0.3, 0.4) is 0 Å². The van der Waals surface area contributed by atoms with Crippen molar-refractivity contribution in [1.29, 1.82) is 0 Å². The largest absolute Gasteiger partial charge is 0.461 e. The van der Waals surface area contributed by atoms with Crippen molar-refractivity contribution in [2.45, 2.75) is 231 Å². The maximum Gasteiger partial charge on any atom is 0.323 e. The van der Waals surface area contributed by atoms with Gasteiger partial charge in [-0.05, 0) is 96.4 Å². The highest BCUT2D eigenvalue weighted by Gasteiger charge is 2.20. The number of ether oxygens (including phenoxy) is 1. The van der Waals surface area contributed by atoms with Crippen LogP contribution in [0, 0.1) is 0 Å². The van der Waals surface area contributed by atoms with E-state index in [9.17, 15) is 4.79 Å². The molecule has 0 amide bonds. The molecule has 4 N–H and O–H groups in total. The van der Waals surface area contributed by atoms with Gasteiger partial charge in [0.2, 0.25) is 0 Å². The summed E-state index contributed by atoms with van der Waals surface area (Å²) < 4.78 is 5.97. The number of rotatable bonds is 37. The number of hydrogen-bond donors (Lipinski definition) is 2. The van der Waals surface area contributed by atoms with Crippen molar-refractivity contribution in [1.82, 2.24) is 0 Å². The second kappa shape index (κ2) is 38.3. The van der Waals surface area contributed by atoms with Crippen molar-refractivity contribution >= 4 is 5.97 Å². The number of carbonyl (C=O) groups excluding carboxylic acids is 1. The van der Waals surface area contributed by atoms with Crippen LogP contribution in [-0.2, 0) is 9.53 Å². The minimum Gasteiger partial charge on any atom is -0.461 e. The molecule has 272 valence electrons. The summed E-state index contributed by atoms with van der Waals surface area (Å²) in [4.78, 5) is 12.7. The number of carbonyl (C=O) groups is 1. The van der Waals surface area contributed by atoms with Gasteiger partial charge >= 0.3 is 5.97 Å². The summed E-state index contributed by atoms with van der Waals surface area (Å²) in [5, 5.41) is 0. The van der Waals surface area contributed by atoms with Crippen molar-refractivity contribution in [3.8, 4) is 0 Å². The zero-order valence-electron chi connectivity index (χ0n) is 31.3. The number of esters is 1. The summed E-state index contributed by atoms with van der Waals surface area (Å²) in [5.74, 6) is -0.209. The first kappa shape index (κ1) is 44.9. The van der Waals surface area contributed by atoms with Crippen molar-refractivity contribution in [3.05, 3.63) is 24.3 Å². The number of nitrogens with two attached hydrogens (primary N) is 2. The highest BCUT2D eigenvalue weighted by atomic mass is 16.5. The zero-order valence-corrected chi connectivity index (χ0v) is 31.3. The molecule has 2 unspecified atom stereocenters. The Morgan fingerprint density at radius 2 is 0.804 bits per heavy atom. The van der Waals surface area contributed by atoms with E-state index in [2.05, 4.69) is 38.2 Å². The van der Waals surface area contributed by atoms with E-state index in [1.165, 1.54) is 161 Å². The Labute approximate surface area is 288 Å². The molecule has 0 aliphatic heterocycles. The average Bonchev–Trinajstić information content (AvgIpc) is 3.06. The van der Waals surface area contributed by atoms with E-state index in [-0.39, 0.29) is 12.1 Å². The second-order valence-electron chi connectivity index (χ2n) is 14.0. The highest BCUT2D eigenvalue weighted by molar-refractivity contribution is 5.75. The van der Waals surface area contributed by atoms with Gasteiger partial charge in [0.1, 0.15) is 12.1 Å². The van der Waals surface area contributed by atoms with E-state index < -0.39 is 6.04 Å². The standard InChI is InChI=1S/C42H82N2O2/c1-3-5-7-9-11-13-15-17-19-21-23-25-27-29-31-33-37-40(46-42(45)41(44)38-34-35-39-43)36-32-30-28-26-24-22-20-18-16-14-12-10-8-6-4-2/h17-20,40-41H,3-16,21-39,43-44H2,1-2H3/b19-17-,20-18-. The lowest BCUT2D eigenvalue weighted by molar-refractivity contribution is -0.151. The molecule has 0 aliphatic rings. The van der Waals surface area contributed by atoms with Gasteiger partial charge < -0.3 is 16.2 Å². The van der Waals surface area contributed by atoms with Crippen molar-refractivity contribution in [2.24, 2.45) is 11.5 Å². The van der Waals surface area contributed by atoms with Crippen LogP contribution in [0.15, 0.2) is 24.3 Å². The van der Waals surface area contributed by atoms with E-state index >= 15 is 0 Å². The van der Waals surface area contributed by atoms with Crippen molar-refractivity contribution in [3.63, 3.8) is 0 Å². The molecule has 0 bridgehead atoms. The Kier molecular flexibility index (Phi) is 37.4. The topological polar surface area (TPSA) is 78.3 Å². The van der Waals surface area contributed by atoms with Crippen LogP contribution in [0.25, 0.3) is 0 Å². The fourth-order valence-electron chi connectivity index (χ4n) is 6.20. The van der Waals surface area contributed by atoms with Crippen LogP contribution < -0.4 is 11.5 Å². The van der Waals surface area contributed by atoms with E-state index in [0.717, 1.165) is 38.5 Å². The first-order valence-corrected chi connectivity index (χ1v) is 20.6. The maximum absolute atomic E-state index is 12.7. The Balaban J connectivity index is 4.06. The van der Waals surface area contributed by atoms with E-state index in [1.807, 2.05) is 0 Å². The van der Waals surface area contributed by atoms with Gasteiger partial charge in [-0.25, -0.2) is 0 Å². The smallest absolute Gasteiger partial charge is 0.323 e. The minimum absolute atomic E-state index is 0.0229. The number of allylic oxidation sites excluding steroid dienone is 4. The van der Waals surface area contributed by atoms with Crippen molar-refractivity contribution < 1.29 is 9.53 Å². The van der Waals surface area contributed by atoms with Crippen LogP contribution >= 0.6 is 0 Å². The molecular formula is C42H82N2O2. The fraction of sp³-hybridized carbons (Fsp3) is 0.881. The predicted octanol–water partition coefficient (Wildman–Crippen LogP) is 12.8. The summed E-state index contributed by atoms with van der Waals surface area (Å²) in [6.45, 7) is 5.21. The average molecular weight is 647 g/mol. The molecule has 0 aromatic rings. The highest BCUT2D eigenvalue weighted by Crippen LogP contribution is 2.18. The SMILES string of the molecule is CCCCCCCC/C=C\CCCCCCCCC(CCCCCCC/C=C\CCCCCCCC)OC(=O)C(N)CCCCN. The zero-order chi connectivity index (χ0) is 33.6. The van der Waals surface area contributed by atoms with Gasteiger partial charge in [-0.3, -0.25) is 4.79 Å². The van der Waals surface area contributed by atoms with Crippen LogP contribution in [0.5, 0.6) is 0 Å². The molecule has 0 aliphatic carbocycles. The second-order valence-corrected chi connectivity index (χ2v) is 14.0. The van der Waals surface area contributed by atoms with Gasteiger partial charge in [0, 0.05) is 0 Å². The Morgan fingerprint density at radius 1 is 0.478 bits per heavy atom. The molecule has 0 fully saturated rings. The van der Waals surface area contributed by atoms with Gasteiger partial charge in [0.15, 0.2) is 0 Å². The third kappa shape index (κ3) is 34.2. The Morgan fingerprint density at radius 3 is 1.17 bits per heavy atom. The first-order chi connectivity index (χ1) is 22.7. The van der Waals surface area contributed by atoms with Gasteiger partial charge in [-0.2, -0.15) is 0 Å². The normalized spacial score (nSPS) is 13.2. The quantitative estimate of drug-likeness (QED) is 0.0400. The predicted molar refractivity (Wildman–Crippen MR) is 204 cm³/mol. The summed E-state index contributed by atoms with van der Waals surface area (Å²) in [6, 6.07) is -0.511. The van der Waals surface area contributed by atoms with E-state index in [1.54, 1.807) is 0 Å². The fourth-order valence-corrected chi connectivity index (χ4v) is 6.20. The molecule has 0 aromatic heterocycles. The third-order valence-corrected chi connectivity index (χ3v) is 9.38. The van der Waals surface area contributed by atoms with Crippen LogP contribution in [-0.4, -0.2) is 24.7 Å². The van der Waals surface area contributed by atoms with Crippen molar-refractivity contribution in [2.75, 3.05) is 6.54 Å². The minimum atomic E-state index is -0.511. The molecule has 0 saturated carbocycles. The summed E-state index contributed by atoms with van der Waals surface area (Å²) in [7, 11) is 0. The monoisotopic (exact) mass is 647 g/mol. The molecule has 4 nitrogen and oxygen atoms in total. The lowest BCUT2D eigenvalue weighted by Crippen LogP contribution is -2.35. The third-order valence-electron chi connectivity index (χ3n) is 9.38. The maximum atomic E-state index is 12.7. The summed E-state index contributed by atoms with van der Waals surface area (Å²) in [6.07, 6.45) is 49.4. The van der Waals surface area contributed by atoms with Gasteiger partial charge in [-0.1, -0.05) is 154 Å². The molecular weight excluding hydrogens is 564 g/mol. The molecule has 46 heavy (non-hydrogen) atoms. The molecule has 0 spiro atoms. The number of unbranched alkanes of at least 4 members (excludes halogenated alkanes) is 24. The van der Waals surface area contributed by atoms with Gasteiger partial charge in [0.05, 0.1) is 0 Å².